The van der Waals surface area contributed by atoms with Gasteiger partial charge in [-0.05, 0) is 57.2 Å². The first-order valence-corrected chi connectivity index (χ1v) is 10.6. The number of guanidine groups is 1. The number of hydrogen-bond donors (Lipinski definition) is 2. The number of nitrogens with zero attached hydrogens (tertiary/aromatic N) is 2. The molecule has 1 aliphatic rings. The van der Waals surface area contributed by atoms with Crippen molar-refractivity contribution in [2.75, 3.05) is 20.2 Å². The largest absolute Gasteiger partial charge is 0.490 e. The Labute approximate surface area is 170 Å². The molecule has 0 radical (unpaired) electrons. The van der Waals surface area contributed by atoms with Crippen LogP contribution < -0.4 is 15.4 Å². The van der Waals surface area contributed by atoms with Crippen molar-refractivity contribution in [2.45, 2.75) is 46.1 Å². The maximum atomic E-state index is 14.3. The van der Waals surface area contributed by atoms with Crippen molar-refractivity contribution in [3.05, 3.63) is 45.2 Å². The number of aliphatic imine (C=N–C) groups is 1. The van der Waals surface area contributed by atoms with Gasteiger partial charge in [0.25, 0.3) is 0 Å². The van der Waals surface area contributed by atoms with Crippen LogP contribution in [-0.2, 0) is 6.42 Å². The number of halogens is 1. The molecule has 2 N–H and O–H groups in total. The lowest BCUT2D eigenvalue weighted by Gasteiger charge is -2.19. The van der Waals surface area contributed by atoms with E-state index in [2.05, 4.69) is 20.6 Å². The third-order valence-electron chi connectivity index (χ3n) is 4.85. The summed E-state index contributed by atoms with van der Waals surface area (Å²) in [4.78, 5) is 10.0. The van der Waals surface area contributed by atoms with Crippen LogP contribution in [0.3, 0.4) is 0 Å². The highest BCUT2D eigenvalue weighted by Gasteiger charge is 2.22. The van der Waals surface area contributed by atoms with Crippen molar-refractivity contribution in [3.63, 3.8) is 0 Å². The fraction of sp³-hybridized carbons (Fsp3) is 0.524. The molecule has 0 spiro atoms. The van der Waals surface area contributed by atoms with Gasteiger partial charge in [0.15, 0.2) is 17.5 Å². The van der Waals surface area contributed by atoms with E-state index in [1.54, 1.807) is 24.5 Å². The van der Waals surface area contributed by atoms with Crippen LogP contribution in [0.15, 0.2) is 23.2 Å². The van der Waals surface area contributed by atoms with Crippen LogP contribution in [0.25, 0.3) is 0 Å². The van der Waals surface area contributed by atoms with Gasteiger partial charge < -0.3 is 15.4 Å². The maximum Gasteiger partial charge on any atom is 0.191 e. The molecular weight excluding hydrogens is 375 g/mol. The second-order valence-electron chi connectivity index (χ2n) is 7.30. The van der Waals surface area contributed by atoms with Gasteiger partial charge in [-0.15, -0.1) is 11.3 Å². The first-order chi connectivity index (χ1) is 13.5. The van der Waals surface area contributed by atoms with E-state index in [-0.39, 0.29) is 11.9 Å². The zero-order chi connectivity index (χ0) is 20.1. The molecule has 152 valence electrons. The monoisotopic (exact) mass is 404 g/mol. The number of aromatic nitrogens is 1. The Morgan fingerprint density at radius 3 is 2.79 bits per heavy atom. The topological polar surface area (TPSA) is 58.5 Å². The molecule has 1 atom stereocenters. The van der Waals surface area contributed by atoms with Gasteiger partial charge in [0, 0.05) is 24.9 Å². The van der Waals surface area contributed by atoms with Crippen molar-refractivity contribution < 1.29 is 9.13 Å². The summed E-state index contributed by atoms with van der Waals surface area (Å²) in [6.07, 6.45) is 3.28. The van der Waals surface area contributed by atoms with Crippen LogP contribution in [-0.4, -0.2) is 31.1 Å². The third-order valence-corrected chi connectivity index (χ3v) is 5.98. The second kappa shape index (κ2) is 9.37. The van der Waals surface area contributed by atoms with Crippen LogP contribution in [0.5, 0.6) is 5.75 Å². The lowest BCUT2D eigenvalue weighted by molar-refractivity contribution is 0.285. The van der Waals surface area contributed by atoms with Crippen molar-refractivity contribution in [2.24, 2.45) is 10.9 Å². The Kier molecular flexibility index (Phi) is 6.88. The summed E-state index contributed by atoms with van der Waals surface area (Å²) in [6.45, 7) is 7.43. The van der Waals surface area contributed by atoms with Crippen LogP contribution in [0.2, 0.25) is 0 Å². The smallest absolute Gasteiger partial charge is 0.191 e. The van der Waals surface area contributed by atoms with Crippen LogP contribution in [0.1, 0.15) is 46.9 Å². The van der Waals surface area contributed by atoms with Gasteiger partial charge in [-0.3, -0.25) is 4.99 Å². The number of rotatable bonds is 8. The van der Waals surface area contributed by atoms with Gasteiger partial charge in [0.2, 0.25) is 0 Å². The van der Waals surface area contributed by atoms with E-state index >= 15 is 0 Å². The Hall–Kier alpha value is -2.15. The molecule has 3 rings (SSSR count). The summed E-state index contributed by atoms with van der Waals surface area (Å²) in [5.74, 6) is 1.32. The fourth-order valence-electron chi connectivity index (χ4n) is 2.98. The molecule has 1 saturated carbocycles. The van der Waals surface area contributed by atoms with Gasteiger partial charge in [-0.2, -0.15) is 0 Å². The van der Waals surface area contributed by atoms with Gasteiger partial charge in [-0.25, -0.2) is 9.37 Å². The predicted molar refractivity (Wildman–Crippen MR) is 113 cm³/mol. The Balaban J connectivity index is 1.50. The highest BCUT2D eigenvalue weighted by molar-refractivity contribution is 7.11. The van der Waals surface area contributed by atoms with E-state index in [0.717, 1.165) is 29.2 Å². The van der Waals surface area contributed by atoms with Crippen LogP contribution in [0.4, 0.5) is 4.39 Å². The standard InChI is InChI=1S/C21H29FN4OS/c1-13(17-7-8-19(18(22)11-17)27-12-16-5-6-16)26-21(23-4)24-10-9-20-14(2)25-15(3)28-20/h7-8,11,13,16H,5-6,9-10,12H2,1-4H3,(H2,23,24,26). The molecule has 0 saturated heterocycles. The van der Waals surface area contributed by atoms with Gasteiger partial charge in [0.1, 0.15) is 0 Å². The molecule has 1 unspecified atom stereocenters. The average Bonchev–Trinajstić information content (AvgIpc) is 3.43. The highest BCUT2D eigenvalue weighted by atomic mass is 32.1. The minimum atomic E-state index is -0.314. The summed E-state index contributed by atoms with van der Waals surface area (Å²) in [7, 11) is 1.74. The van der Waals surface area contributed by atoms with Crippen molar-refractivity contribution in [3.8, 4) is 5.75 Å². The number of hydrogen-bond acceptors (Lipinski definition) is 4. The highest BCUT2D eigenvalue weighted by Crippen LogP contribution is 2.30. The molecule has 2 aromatic rings. The average molecular weight is 405 g/mol. The van der Waals surface area contributed by atoms with Gasteiger partial charge in [0.05, 0.1) is 23.4 Å². The second-order valence-corrected chi connectivity index (χ2v) is 8.59. The van der Waals surface area contributed by atoms with E-state index < -0.39 is 0 Å². The molecular formula is C21H29FN4OS. The molecule has 0 bridgehead atoms. The summed E-state index contributed by atoms with van der Waals surface area (Å²) in [6, 6.07) is 5.08. The van der Waals surface area contributed by atoms with E-state index in [0.29, 0.717) is 24.2 Å². The van der Waals surface area contributed by atoms with Crippen molar-refractivity contribution in [1.82, 2.24) is 15.6 Å². The number of thiazole rings is 1. The molecule has 0 aliphatic heterocycles. The summed E-state index contributed by atoms with van der Waals surface area (Å²) < 4.78 is 19.9. The van der Waals surface area contributed by atoms with Crippen LogP contribution >= 0.6 is 11.3 Å². The summed E-state index contributed by atoms with van der Waals surface area (Å²) >= 11 is 1.73. The normalized spacial score (nSPS) is 15.4. The van der Waals surface area contributed by atoms with E-state index in [4.69, 9.17) is 4.74 Å². The van der Waals surface area contributed by atoms with E-state index in [9.17, 15) is 4.39 Å². The lowest BCUT2D eigenvalue weighted by atomic mass is 10.1. The Morgan fingerprint density at radius 2 is 2.18 bits per heavy atom. The Bertz CT molecular complexity index is 832. The summed E-state index contributed by atoms with van der Waals surface area (Å²) in [5, 5.41) is 7.73. The van der Waals surface area contributed by atoms with Gasteiger partial charge in [-0.1, -0.05) is 6.07 Å². The van der Waals surface area contributed by atoms with E-state index in [1.807, 2.05) is 26.8 Å². The number of ether oxygens (including phenoxy) is 1. The SMILES string of the molecule is CN=C(NCCc1sc(C)nc1C)NC(C)c1ccc(OCC2CC2)c(F)c1. The molecule has 1 aromatic carbocycles. The zero-order valence-corrected chi connectivity index (χ0v) is 17.8. The molecule has 28 heavy (non-hydrogen) atoms. The minimum Gasteiger partial charge on any atom is -0.490 e. The molecule has 1 aliphatic carbocycles. The first-order valence-electron chi connectivity index (χ1n) is 9.78. The summed E-state index contributed by atoms with van der Waals surface area (Å²) in [5.41, 5.74) is 1.95. The zero-order valence-electron chi connectivity index (χ0n) is 17.0. The number of nitrogens with one attached hydrogen (secondary N) is 2. The molecule has 7 heteroatoms. The number of benzene rings is 1. The molecule has 0 amide bonds. The molecule has 1 heterocycles. The van der Waals surface area contributed by atoms with Crippen LogP contribution in [0, 0.1) is 25.6 Å². The Morgan fingerprint density at radius 1 is 1.39 bits per heavy atom. The van der Waals surface area contributed by atoms with Crippen molar-refractivity contribution >= 4 is 17.3 Å². The molecule has 1 aromatic heterocycles. The molecule has 1 fully saturated rings. The van der Waals surface area contributed by atoms with E-state index in [1.165, 1.54) is 23.8 Å². The lowest BCUT2D eigenvalue weighted by Crippen LogP contribution is -2.39. The fourth-order valence-corrected chi connectivity index (χ4v) is 3.92. The van der Waals surface area contributed by atoms with Crippen molar-refractivity contribution in [1.29, 1.82) is 0 Å². The number of aryl methyl sites for hydroxylation is 2. The minimum absolute atomic E-state index is 0.0782. The predicted octanol–water partition coefficient (Wildman–Crippen LogP) is 4.16. The maximum absolute atomic E-state index is 14.3. The first kappa shape index (κ1) is 20.6. The molecule has 5 nitrogen and oxygen atoms in total. The third kappa shape index (κ3) is 5.67. The van der Waals surface area contributed by atoms with Gasteiger partial charge >= 0.3 is 0 Å². The quantitative estimate of drug-likeness (QED) is 0.512.